The fourth-order valence-electron chi connectivity index (χ4n) is 3.69. The topological polar surface area (TPSA) is 59.0 Å². The quantitative estimate of drug-likeness (QED) is 0.503. The molecule has 4 heteroatoms. The summed E-state index contributed by atoms with van der Waals surface area (Å²) in [6.07, 6.45) is 0. The molecule has 3 aromatic carbocycles. The Balaban J connectivity index is 1.91. The first kappa shape index (κ1) is 18.6. The second-order valence-electron chi connectivity index (χ2n) is 8.18. The Labute approximate surface area is 173 Å². The summed E-state index contributed by atoms with van der Waals surface area (Å²) in [6.45, 7) is 6.57. The van der Waals surface area contributed by atoms with Crippen LogP contribution in [0.25, 0.3) is 10.8 Å². The lowest BCUT2D eigenvalue weighted by atomic mass is 9.80. The van der Waals surface area contributed by atoms with E-state index < -0.39 is 0 Å². The zero-order valence-electron chi connectivity index (χ0n) is 16.1. The van der Waals surface area contributed by atoms with Crippen molar-refractivity contribution in [3.63, 3.8) is 0 Å². The van der Waals surface area contributed by atoms with Crippen molar-refractivity contribution < 1.29 is 4.74 Å². The molecule has 0 amide bonds. The van der Waals surface area contributed by atoms with E-state index in [1.165, 1.54) is 5.56 Å². The van der Waals surface area contributed by atoms with Crippen LogP contribution in [0, 0.1) is 11.3 Å². The Hall–Kier alpha value is -2.77. The third kappa shape index (κ3) is 3.16. The molecule has 28 heavy (non-hydrogen) atoms. The molecule has 0 bridgehead atoms. The Bertz CT molecular complexity index is 1150. The second kappa shape index (κ2) is 6.68. The summed E-state index contributed by atoms with van der Waals surface area (Å²) in [5.41, 5.74) is 9.89. The van der Waals surface area contributed by atoms with Gasteiger partial charge >= 0.3 is 0 Å². The highest BCUT2D eigenvalue weighted by Crippen LogP contribution is 2.44. The summed E-state index contributed by atoms with van der Waals surface area (Å²) in [5.74, 6) is 0.638. The number of allylic oxidation sites excluding steroid dienone is 1. The van der Waals surface area contributed by atoms with Crippen molar-refractivity contribution in [1.82, 2.24) is 0 Å². The normalized spacial score (nSPS) is 16.5. The van der Waals surface area contributed by atoms with Gasteiger partial charge in [-0.3, -0.25) is 0 Å². The van der Waals surface area contributed by atoms with Crippen LogP contribution in [0.5, 0.6) is 5.75 Å². The molecule has 0 spiro atoms. The predicted molar refractivity (Wildman–Crippen MR) is 116 cm³/mol. The molecular formula is C24H21BrN2O. The minimum Gasteiger partial charge on any atom is -0.440 e. The fourth-order valence-corrected chi connectivity index (χ4v) is 4.07. The van der Waals surface area contributed by atoms with Crippen molar-refractivity contribution >= 4 is 26.7 Å². The molecular weight excluding hydrogens is 412 g/mol. The van der Waals surface area contributed by atoms with Crippen LogP contribution in [0.2, 0.25) is 0 Å². The highest BCUT2D eigenvalue weighted by Gasteiger charge is 2.31. The SMILES string of the molecule is CC(C)(C)c1ccc([C@@H]2C(C#N)=C(N)Oc3cc4ccc(Br)cc4cc32)cc1. The Morgan fingerprint density at radius 3 is 2.36 bits per heavy atom. The van der Waals surface area contributed by atoms with Gasteiger partial charge in [0.2, 0.25) is 5.88 Å². The molecule has 0 saturated heterocycles. The van der Waals surface area contributed by atoms with Crippen LogP contribution in [-0.2, 0) is 5.41 Å². The van der Waals surface area contributed by atoms with E-state index in [-0.39, 0.29) is 17.2 Å². The largest absolute Gasteiger partial charge is 0.440 e. The number of hydrogen-bond acceptors (Lipinski definition) is 3. The lowest BCUT2D eigenvalue weighted by Crippen LogP contribution is -2.21. The number of hydrogen-bond donors (Lipinski definition) is 1. The zero-order valence-corrected chi connectivity index (χ0v) is 17.7. The molecule has 0 aliphatic carbocycles. The highest BCUT2D eigenvalue weighted by molar-refractivity contribution is 9.10. The number of halogens is 1. The van der Waals surface area contributed by atoms with Crippen LogP contribution in [0.3, 0.4) is 0 Å². The minimum absolute atomic E-state index is 0.0710. The Kier molecular flexibility index (Phi) is 4.44. The number of nitrogens with two attached hydrogens (primary N) is 1. The van der Waals surface area contributed by atoms with Crippen molar-refractivity contribution in [3.05, 3.63) is 87.2 Å². The number of nitrogens with zero attached hydrogens (tertiary/aromatic N) is 1. The maximum Gasteiger partial charge on any atom is 0.205 e. The summed E-state index contributed by atoms with van der Waals surface area (Å²) in [6, 6.07) is 20.9. The number of ether oxygens (including phenoxy) is 1. The van der Waals surface area contributed by atoms with Gasteiger partial charge < -0.3 is 10.5 Å². The minimum atomic E-state index is -0.244. The Morgan fingerprint density at radius 1 is 1.00 bits per heavy atom. The van der Waals surface area contributed by atoms with E-state index >= 15 is 0 Å². The summed E-state index contributed by atoms with van der Waals surface area (Å²) < 4.78 is 6.84. The van der Waals surface area contributed by atoms with Crippen LogP contribution in [0.1, 0.15) is 43.4 Å². The monoisotopic (exact) mass is 432 g/mol. The zero-order chi connectivity index (χ0) is 20.1. The molecule has 0 aromatic heterocycles. The highest BCUT2D eigenvalue weighted by atomic mass is 79.9. The predicted octanol–water partition coefficient (Wildman–Crippen LogP) is 6.12. The first-order chi connectivity index (χ1) is 13.3. The van der Waals surface area contributed by atoms with Gasteiger partial charge in [-0.2, -0.15) is 5.26 Å². The first-order valence-corrected chi connectivity index (χ1v) is 9.98. The van der Waals surface area contributed by atoms with E-state index in [4.69, 9.17) is 10.5 Å². The van der Waals surface area contributed by atoms with E-state index in [9.17, 15) is 5.26 Å². The molecule has 2 N–H and O–H groups in total. The fraction of sp³-hybridized carbons (Fsp3) is 0.208. The van der Waals surface area contributed by atoms with Crippen LogP contribution in [0.4, 0.5) is 0 Å². The molecule has 140 valence electrons. The smallest absolute Gasteiger partial charge is 0.205 e. The lowest BCUT2D eigenvalue weighted by Gasteiger charge is -2.27. The van der Waals surface area contributed by atoms with Gasteiger partial charge in [-0.1, -0.05) is 67.0 Å². The van der Waals surface area contributed by atoms with Crippen molar-refractivity contribution in [2.45, 2.75) is 32.1 Å². The van der Waals surface area contributed by atoms with Crippen LogP contribution >= 0.6 is 15.9 Å². The van der Waals surface area contributed by atoms with E-state index in [2.05, 4.69) is 79.2 Å². The lowest BCUT2D eigenvalue weighted by molar-refractivity contribution is 0.394. The third-order valence-electron chi connectivity index (χ3n) is 5.25. The van der Waals surface area contributed by atoms with Crippen molar-refractivity contribution in [1.29, 1.82) is 5.26 Å². The average Bonchev–Trinajstić information content (AvgIpc) is 2.65. The molecule has 0 fully saturated rings. The van der Waals surface area contributed by atoms with E-state index in [1.54, 1.807) is 0 Å². The molecule has 1 aliphatic rings. The number of nitriles is 1. The van der Waals surface area contributed by atoms with Crippen LogP contribution < -0.4 is 10.5 Å². The maximum absolute atomic E-state index is 9.78. The second-order valence-corrected chi connectivity index (χ2v) is 9.09. The van der Waals surface area contributed by atoms with Gasteiger partial charge in [0, 0.05) is 10.0 Å². The molecule has 0 saturated carbocycles. The summed E-state index contributed by atoms with van der Waals surface area (Å²) in [4.78, 5) is 0. The van der Waals surface area contributed by atoms with Crippen LogP contribution in [0.15, 0.2) is 70.5 Å². The molecule has 1 aliphatic heterocycles. The molecule has 1 heterocycles. The van der Waals surface area contributed by atoms with Gasteiger partial charge in [0.25, 0.3) is 0 Å². The van der Waals surface area contributed by atoms with Gasteiger partial charge in [-0.05, 0) is 51.6 Å². The third-order valence-corrected chi connectivity index (χ3v) is 5.74. The van der Waals surface area contributed by atoms with E-state index in [1.807, 2.05) is 18.2 Å². The number of fused-ring (bicyclic) bond motifs is 2. The number of benzene rings is 3. The van der Waals surface area contributed by atoms with Gasteiger partial charge in [0.1, 0.15) is 17.4 Å². The van der Waals surface area contributed by atoms with Crippen molar-refractivity contribution in [2.75, 3.05) is 0 Å². The molecule has 0 unspecified atom stereocenters. The van der Waals surface area contributed by atoms with E-state index in [0.29, 0.717) is 11.3 Å². The molecule has 3 nitrogen and oxygen atoms in total. The maximum atomic E-state index is 9.78. The van der Waals surface area contributed by atoms with Gasteiger partial charge in [-0.15, -0.1) is 0 Å². The van der Waals surface area contributed by atoms with Gasteiger partial charge in [-0.25, -0.2) is 0 Å². The average molecular weight is 433 g/mol. The van der Waals surface area contributed by atoms with Gasteiger partial charge in [0.15, 0.2) is 0 Å². The summed E-state index contributed by atoms with van der Waals surface area (Å²) in [5, 5.41) is 11.9. The summed E-state index contributed by atoms with van der Waals surface area (Å²) in [7, 11) is 0. The Morgan fingerprint density at radius 2 is 1.71 bits per heavy atom. The standard InChI is InChI=1S/C24H21BrN2O/c1-24(2,3)17-7-4-14(5-8-17)22-19-11-16-10-18(25)9-6-15(16)12-21(19)28-23(27)20(22)13-26/h4-12,22H,27H2,1-3H3/t22-/m0/s1. The van der Waals surface area contributed by atoms with Gasteiger partial charge in [0.05, 0.1) is 5.92 Å². The molecule has 1 atom stereocenters. The molecule has 4 rings (SSSR count). The molecule has 0 radical (unpaired) electrons. The first-order valence-electron chi connectivity index (χ1n) is 9.19. The summed E-state index contributed by atoms with van der Waals surface area (Å²) >= 11 is 3.54. The van der Waals surface area contributed by atoms with Crippen molar-refractivity contribution in [3.8, 4) is 11.8 Å². The van der Waals surface area contributed by atoms with Crippen LogP contribution in [-0.4, -0.2) is 0 Å². The number of rotatable bonds is 1. The molecule has 3 aromatic rings. The van der Waals surface area contributed by atoms with E-state index in [0.717, 1.165) is 26.4 Å². The van der Waals surface area contributed by atoms with Crippen molar-refractivity contribution in [2.24, 2.45) is 5.73 Å².